The molecular formula is C12H16FNO5. The number of alkyl halides is 1. The van der Waals surface area contributed by atoms with Crippen LogP contribution in [0, 0.1) is 10.1 Å². The van der Waals surface area contributed by atoms with Gasteiger partial charge in [-0.05, 0) is 17.7 Å². The van der Waals surface area contributed by atoms with E-state index in [0.717, 1.165) is 0 Å². The van der Waals surface area contributed by atoms with Gasteiger partial charge in [-0.25, -0.2) is 4.39 Å². The summed E-state index contributed by atoms with van der Waals surface area (Å²) < 4.78 is 27.5. The molecule has 1 aromatic rings. The van der Waals surface area contributed by atoms with Gasteiger partial charge in [-0.3, -0.25) is 10.1 Å². The highest BCUT2D eigenvalue weighted by atomic mass is 19.1. The van der Waals surface area contributed by atoms with Crippen LogP contribution in [0.4, 0.5) is 4.39 Å². The fourth-order valence-electron chi connectivity index (χ4n) is 1.61. The number of hydrogen-bond donors (Lipinski definition) is 0. The molecule has 0 aliphatic heterocycles. The molecule has 1 rings (SSSR count). The average Bonchev–Trinajstić information content (AvgIpc) is 2.41. The minimum atomic E-state index is -0.686. The molecule has 19 heavy (non-hydrogen) atoms. The highest BCUT2D eigenvalue weighted by Gasteiger charge is 2.19. The van der Waals surface area contributed by atoms with Crippen molar-refractivity contribution in [2.24, 2.45) is 0 Å². The van der Waals surface area contributed by atoms with Gasteiger partial charge in [0, 0.05) is 12.0 Å². The summed E-state index contributed by atoms with van der Waals surface area (Å²) in [4.78, 5) is 10.1. The van der Waals surface area contributed by atoms with E-state index in [1.807, 2.05) is 0 Å². The molecule has 0 aromatic heterocycles. The zero-order valence-electron chi connectivity index (χ0n) is 10.8. The number of nitro groups is 1. The third kappa shape index (κ3) is 4.36. The molecule has 7 heteroatoms. The Hall–Kier alpha value is -1.89. The summed E-state index contributed by atoms with van der Waals surface area (Å²) in [6.45, 7) is -1.09. The summed E-state index contributed by atoms with van der Waals surface area (Å²) in [5.74, 6) is 0.774. The molecule has 0 saturated carbocycles. The van der Waals surface area contributed by atoms with Crippen LogP contribution in [0.1, 0.15) is 11.7 Å². The second-order valence-corrected chi connectivity index (χ2v) is 3.69. The minimum Gasteiger partial charge on any atom is -0.493 e. The molecule has 106 valence electrons. The van der Waals surface area contributed by atoms with Crippen molar-refractivity contribution in [2.45, 2.75) is 6.10 Å². The van der Waals surface area contributed by atoms with Gasteiger partial charge in [0.05, 0.1) is 7.11 Å². The van der Waals surface area contributed by atoms with Crippen molar-refractivity contribution in [3.63, 3.8) is 0 Å². The van der Waals surface area contributed by atoms with Crippen molar-refractivity contribution in [3.05, 3.63) is 33.9 Å². The lowest BCUT2D eigenvalue weighted by Gasteiger charge is -2.15. The van der Waals surface area contributed by atoms with E-state index >= 15 is 0 Å². The molecule has 0 fully saturated rings. The lowest BCUT2D eigenvalue weighted by molar-refractivity contribution is -0.492. The molecule has 0 aliphatic carbocycles. The van der Waals surface area contributed by atoms with Gasteiger partial charge in [-0.1, -0.05) is 6.07 Å². The Labute approximate surface area is 110 Å². The van der Waals surface area contributed by atoms with Crippen LogP contribution in [0.3, 0.4) is 0 Å². The maximum absolute atomic E-state index is 12.1. The summed E-state index contributed by atoms with van der Waals surface area (Å²) in [7, 11) is 2.85. The predicted molar refractivity (Wildman–Crippen MR) is 66.1 cm³/mol. The normalized spacial score (nSPS) is 11.9. The molecule has 1 aromatic carbocycles. The molecule has 0 N–H and O–H groups in total. The highest BCUT2D eigenvalue weighted by molar-refractivity contribution is 5.43. The number of nitrogens with zero attached hydrogens (tertiary/aromatic N) is 1. The van der Waals surface area contributed by atoms with Crippen LogP contribution in [0.5, 0.6) is 11.5 Å². The summed E-state index contributed by atoms with van der Waals surface area (Å²) in [6.07, 6.45) is -0.686. The van der Waals surface area contributed by atoms with Crippen molar-refractivity contribution < 1.29 is 23.5 Å². The summed E-state index contributed by atoms with van der Waals surface area (Å²) >= 11 is 0. The van der Waals surface area contributed by atoms with Crippen LogP contribution in [0.25, 0.3) is 0 Å². The van der Waals surface area contributed by atoms with Crippen molar-refractivity contribution in [3.8, 4) is 11.5 Å². The van der Waals surface area contributed by atoms with Gasteiger partial charge in [-0.2, -0.15) is 0 Å². The van der Waals surface area contributed by atoms with Crippen LogP contribution in [-0.4, -0.2) is 39.0 Å². The van der Waals surface area contributed by atoms with Crippen molar-refractivity contribution >= 4 is 0 Å². The standard InChI is InChI=1S/C12H16FNO5/c1-17-10-4-3-9(7-11(10)19-6-5-13)12(18-2)8-14(15)16/h3-4,7,12H,5-6,8H2,1-2H3. The molecule has 1 atom stereocenters. The summed E-state index contributed by atoms with van der Waals surface area (Å²) in [5, 5.41) is 10.5. The summed E-state index contributed by atoms with van der Waals surface area (Å²) in [5.41, 5.74) is 0.578. The van der Waals surface area contributed by atoms with E-state index < -0.39 is 17.7 Å². The SMILES string of the molecule is COc1ccc(C(C[N+](=O)[O-])OC)cc1OCCF. The van der Waals surface area contributed by atoms with E-state index in [-0.39, 0.29) is 13.2 Å². The fourth-order valence-corrected chi connectivity index (χ4v) is 1.61. The minimum absolute atomic E-state index is 0.104. The molecule has 0 amide bonds. The van der Waals surface area contributed by atoms with Gasteiger partial charge in [-0.15, -0.1) is 0 Å². The zero-order valence-corrected chi connectivity index (χ0v) is 10.8. The van der Waals surface area contributed by atoms with Crippen molar-refractivity contribution in [1.82, 2.24) is 0 Å². The molecule has 0 heterocycles. The zero-order chi connectivity index (χ0) is 14.3. The van der Waals surface area contributed by atoms with E-state index in [1.165, 1.54) is 14.2 Å². The first-order valence-electron chi connectivity index (χ1n) is 5.63. The molecule has 0 spiro atoms. The summed E-state index contributed by atoms with van der Waals surface area (Å²) in [6, 6.07) is 4.82. The van der Waals surface area contributed by atoms with Crippen LogP contribution in [0.15, 0.2) is 18.2 Å². The van der Waals surface area contributed by atoms with Crippen molar-refractivity contribution in [2.75, 3.05) is 34.0 Å². The number of halogens is 1. The Balaban J connectivity index is 2.97. The first-order chi connectivity index (χ1) is 9.12. The van der Waals surface area contributed by atoms with Crippen LogP contribution in [0.2, 0.25) is 0 Å². The first-order valence-corrected chi connectivity index (χ1v) is 5.63. The Morgan fingerprint density at radius 3 is 2.63 bits per heavy atom. The Kier molecular flexibility index (Phi) is 6.01. The molecule has 0 radical (unpaired) electrons. The Morgan fingerprint density at radius 1 is 1.37 bits per heavy atom. The van der Waals surface area contributed by atoms with Gasteiger partial charge in [0.15, 0.2) is 11.5 Å². The monoisotopic (exact) mass is 273 g/mol. The number of hydrogen-bond acceptors (Lipinski definition) is 5. The van der Waals surface area contributed by atoms with E-state index in [0.29, 0.717) is 17.1 Å². The van der Waals surface area contributed by atoms with Gasteiger partial charge >= 0.3 is 0 Å². The third-order valence-electron chi connectivity index (χ3n) is 2.49. The largest absolute Gasteiger partial charge is 0.493 e. The number of ether oxygens (including phenoxy) is 3. The van der Waals surface area contributed by atoms with E-state index in [4.69, 9.17) is 14.2 Å². The number of rotatable bonds is 8. The Bertz CT molecular complexity index is 427. The lowest BCUT2D eigenvalue weighted by Crippen LogP contribution is -2.14. The van der Waals surface area contributed by atoms with Crippen LogP contribution < -0.4 is 9.47 Å². The third-order valence-corrected chi connectivity index (χ3v) is 2.49. The average molecular weight is 273 g/mol. The molecule has 1 unspecified atom stereocenters. The van der Waals surface area contributed by atoms with Gasteiger partial charge in [0.2, 0.25) is 6.54 Å². The smallest absolute Gasteiger partial charge is 0.233 e. The number of methoxy groups -OCH3 is 2. The predicted octanol–water partition coefficient (Wildman–Crippen LogP) is 2.01. The van der Waals surface area contributed by atoms with Crippen molar-refractivity contribution in [1.29, 1.82) is 0 Å². The second kappa shape index (κ2) is 7.52. The topological polar surface area (TPSA) is 70.8 Å². The molecule has 0 aliphatic rings. The van der Waals surface area contributed by atoms with Gasteiger partial charge < -0.3 is 14.2 Å². The number of benzene rings is 1. The lowest BCUT2D eigenvalue weighted by atomic mass is 10.1. The maximum atomic E-state index is 12.1. The molecule has 0 bridgehead atoms. The van der Waals surface area contributed by atoms with Crippen LogP contribution >= 0.6 is 0 Å². The second-order valence-electron chi connectivity index (χ2n) is 3.69. The van der Waals surface area contributed by atoms with E-state index in [2.05, 4.69) is 0 Å². The quantitative estimate of drug-likeness (QED) is 0.535. The molecule has 0 saturated heterocycles. The van der Waals surface area contributed by atoms with E-state index in [1.54, 1.807) is 18.2 Å². The highest BCUT2D eigenvalue weighted by Crippen LogP contribution is 2.31. The molecule has 6 nitrogen and oxygen atoms in total. The van der Waals surface area contributed by atoms with Gasteiger partial charge in [0.1, 0.15) is 19.4 Å². The fraction of sp³-hybridized carbons (Fsp3) is 0.500. The first kappa shape index (κ1) is 15.2. The van der Waals surface area contributed by atoms with Gasteiger partial charge in [0.25, 0.3) is 0 Å². The van der Waals surface area contributed by atoms with Crippen LogP contribution in [-0.2, 0) is 4.74 Å². The maximum Gasteiger partial charge on any atom is 0.233 e. The van der Waals surface area contributed by atoms with E-state index in [9.17, 15) is 14.5 Å². The Morgan fingerprint density at radius 2 is 2.11 bits per heavy atom. The molecular weight excluding hydrogens is 257 g/mol.